The molecule has 0 spiro atoms. The van der Waals surface area contributed by atoms with Crippen molar-refractivity contribution in [2.24, 2.45) is 5.92 Å². The van der Waals surface area contributed by atoms with Crippen LogP contribution >= 0.6 is 0 Å². The highest BCUT2D eigenvalue weighted by molar-refractivity contribution is 5.82. The second-order valence-electron chi connectivity index (χ2n) is 3.87. The third-order valence-electron chi connectivity index (χ3n) is 2.64. The van der Waals surface area contributed by atoms with Crippen molar-refractivity contribution in [3.8, 4) is 6.07 Å². The summed E-state index contributed by atoms with van der Waals surface area (Å²) in [5, 5.41) is 10.6. The minimum absolute atomic E-state index is 0.330. The molecule has 0 radical (unpaired) electrons. The molecule has 1 fully saturated rings. The summed E-state index contributed by atoms with van der Waals surface area (Å²) in [6, 6.07) is 2.12. The van der Waals surface area contributed by atoms with Gasteiger partial charge in [-0.05, 0) is 13.8 Å². The molecule has 0 amide bonds. The zero-order valence-corrected chi connectivity index (χ0v) is 9.27. The summed E-state index contributed by atoms with van der Waals surface area (Å²) in [5.41, 5.74) is -0.450. The predicted molar refractivity (Wildman–Crippen MR) is 52.1 cm³/mol. The number of rotatable bonds is 1. The Hall–Kier alpha value is -1.54. The number of nitriles is 1. The van der Waals surface area contributed by atoms with Crippen LogP contribution in [-0.4, -0.2) is 30.7 Å². The molecular formula is C10H14N2O3. The number of nitrogens with zero attached hydrogens (tertiary/aromatic N) is 2. The lowest BCUT2D eigenvalue weighted by atomic mass is 9.88. The van der Waals surface area contributed by atoms with Gasteiger partial charge in [0.1, 0.15) is 5.92 Å². The summed E-state index contributed by atoms with van der Waals surface area (Å²) in [6.45, 7) is 3.75. The van der Waals surface area contributed by atoms with E-state index in [-0.39, 0.29) is 0 Å². The van der Waals surface area contributed by atoms with Crippen molar-refractivity contribution in [2.45, 2.75) is 19.4 Å². The molecule has 5 nitrogen and oxygen atoms in total. The third kappa shape index (κ3) is 1.95. The van der Waals surface area contributed by atoms with Crippen LogP contribution in [0.4, 0.5) is 0 Å². The molecule has 1 aliphatic rings. The first-order valence-electron chi connectivity index (χ1n) is 4.54. The molecule has 0 bridgehead atoms. The summed E-state index contributed by atoms with van der Waals surface area (Å²) < 4.78 is 4.49. The zero-order valence-electron chi connectivity index (χ0n) is 9.27. The monoisotopic (exact) mass is 210 g/mol. The number of ether oxygens (including phenoxy) is 1. The lowest BCUT2D eigenvalue weighted by Gasteiger charge is -2.25. The van der Waals surface area contributed by atoms with Gasteiger partial charge in [-0.15, -0.1) is 5.06 Å². The number of hydrogen-bond acceptors (Lipinski definition) is 5. The van der Waals surface area contributed by atoms with Crippen molar-refractivity contribution in [1.29, 1.82) is 5.26 Å². The Bertz CT molecular complexity index is 341. The molecule has 1 heterocycles. The largest absolute Gasteiger partial charge is 0.466 e. The SMILES string of the molecule is COC(=O)/C=C1\ON(C)C(C)(C)C1C#N. The van der Waals surface area contributed by atoms with Gasteiger partial charge in [0.25, 0.3) is 0 Å². The quantitative estimate of drug-likeness (QED) is 0.474. The van der Waals surface area contributed by atoms with Crippen molar-refractivity contribution in [3.63, 3.8) is 0 Å². The summed E-state index contributed by atoms with van der Waals surface area (Å²) in [4.78, 5) is 16.4. The van der Waals surface area contributed by atoms with Crippen molar-refractivity contribution < 1.29 is 14.4 Å². The number of hydroxylamine groups is 2. The molecule has 0 saturated carbocycles. The molecule has 0 aromatic carbocycles. The molecule has 1 rings (SSSR count). The van der Waals surface area contributed by atoms with Crippen molar-refractivity contribution >= 4 is 5.97 Å². The molecule has 1 aliphatic heterocycles. The summed E-state index contributed by atoms with van der Waals surface area (Å²) in [5.74, 6) is -0.658. The fraction of sp³-hybridized carbons (Fsp3) is 0.600. The van der Waals surface area contributed by atoms with Gasteiger partial charge < -0.3 is 9.57 Å². The Balaban J connectivity index is 3.00. The van der Waals surface area contributed by atoms with E-state index in [0.29, 0.717) is 5.76 Å². The van der Waals surface area contributed by atoms with Gasteiger partial charge in [-0.1, -0.05) is 0 Å². The van der Waals surface area contributed by atoms with Crippen LogP contribution in [0, 0.1) is 17.2 Å². The molecule has 5 heteroatoms. The Labute approximate surface area is 88.8 Å². The fourth-order valence-electron chi connectivity index (χ4n) is 1.36. The Morgan fingerprint density at radius 2 is 2.33 bits per heavy atom. The van der Waals surface area contributed by atoms with Gasteiger partial charge in [0.15, 0.2) is 5.76 Å². The van der Waals surface area contributed by atoms with E-state index in [4.69, 9.17) is 10.1 Å². The van der Waals surface area contributed by atoms with E-state index in [1.54, 1.807) is 12.1 Å². The number of methoxy groups -OCH3 is 1. The number of esters is 1. The maximum Gasteiger partial charge on any atom is 0.334 e. The van der Waals surface area contributed by atoms with Crippen LogP contribution in [0.15, 0.2) is 11.8 Å². The fourth-order valence-corrected chi connectivity index (χ4v) is 1.36. The van der Waals surface area contributed by atoms with Crippen molar-refractivity contribution in [1.82, 2.24) is 5.06 Å². The molecule has 0 aliphatic carbocycles. The molecule has 1 unspecified atom stereocenters. The van der Waals surface area contributed by atoms with Crippen LogP contribution in [0.1, 0.15) is 13.8 Å². The Morgan fingerprint density at radius 3 is 2.80 bits per heavy atom. The van der Waals surface area contributed by atoms with E-state index in [1.165, 1.54) is 13.2 Å². The van der Waals surface area contributed by atoms with Gasteiger partial charge >= 0.3 is 5.97 Å². The van der Waals surface area contributed by atoms with Crippen LogP contribution in [0.3, 0.4) is 0 Å². The molecule has 15 heavy (non-hydrogen) atoms. The van der Waals surface area contributed by atoms with Crippen LogP contribution in [0.25, 0.3) is 0 Å². The lowest BCUT2D eigenvalue weighted by molar-refractivity contribution is -0.136. The van der Waals surface area contributed by atoms with Gasteiger partial charge in [0.2, 0.25) is 0 Å². The molecule has 1 atom stereocenters. The van der Waals surface area contributed by atoms with Gasteiger partial charge in [-0.2, -0.15) is 5.26 Å². The van der Waals surface area contributed by atoms with Crippen LogP contribution in [0.5, 0.6) is 0 Å². The topological polar surface area (TPSA) is 62.6 Å². The highest BCUT2D eigenvalue weighted by Gasteiger charge is 2.46. The van der Waals surface area contributed by atoms with Gasteiger partial charge in [-0.3, -0.25) is 0 Å². The maximum atomic E-state index is 11.0. The predicted octanol–water partition coefficient (Wildman–Crippen LogP) is 0.839. The minimum atomic E-state index is -0.517. The summed E-state index contributed by atoms with van der Waals surface area (Å²) in [7, 11) is 3.01. The van der Waals surface area contributed by atoms with Crippen molar-refractivity contribution in [3.05, 3.63) is 11.8 Å². The molecule has 0 aromatic heterocycles. The first-order valence-corrected chi connectivity index (χ1v) is 4.54. The average Bonchev–Trinajstić information content (AvgIpc) is 2.37. The van der Waals surface area contributed by atoms with E-state index < -0.39 is 17.4 Å². The van der Waals surface area contributed by atoms with E-state index >= 15 is 0 Å². The molecular weight excluding hydrogens is 196 g/mol. The number of carbonyl (C=O) groups is 1. The Kier molecular flexibility index (Phi) is 3.01. The standard InChI is InChI=1S/C10H14N2O3/c1-10(2)7(6-11)8(15-12(10)3)5-9(13)14-4/h5,7H,1-4H3/b8-5-. The van der Waals surface area contributed by atoms with E-state index in [9.17, 15) is 4.79 Å². The average molecular weight is 210 g/mol. The highest BCUT2D eigenvalue weighted by atomic mass is 16.7. The van der Waals surface area contributed by atoms with Crippen LogP contribution in [0.2, 0.25) is 0 Å². The number of carbonyl (C=O) groups excluding carboxylic acids is 1. The molecule has 0 N–H and O–H groups in total. The number of hydrogen-bond donors (Lipinski definition) is 0. The normalized spacial score (nSPS) is 27.1. The second kappa shape index (κ2) is 3.91. The van der Waals surface area contributed by atoms with Gasteiger partial charge in [0, 0.05) is 7.05 Å². The first-order chi connectivity index (χ1) is 6.93. The second-order valence-corrected chi connectivity index (χ2v) is 3.87. The highest BCUT2D eigenvalue weighted by Crippen LogP contribution is 2.37. The molecule has 0 aromatic rings. The van der Waals surface area contributed by atoms with Gasteiger partial charge in [0.05, 0.1) is 24.8 Å². The first kappa shape index (κ1) is 11.5. The lowest BCUT2D eigenvalue weighted by Crippen LogP contribution is -2.38. The smallest absolute Gasteiger partial charge is 0.334 e. The minimum Gasteiger partial charge on any atom is -0.466 e. The molecule has 82 valence electrons. The summed E-state index contributed by atoms with van der Waals surface area (Å²) >= 11 is 0. The third-order valence-corrected chi connectivity index (χ3v) is 2.64. The van der Waals surface area contributed by atoms with E-state index in [1.807, 2.05) is 13.8 Å². The molecule has 1 saturated heterocycles. The van der Waals surface area contributed by atoms with E-state index in [0.717, 1.165) is 0 Å². The maximum absolute atomic E-state index is 11.0. The van der Waals surface area contributed by atoms with Crippen LogP contribution in [-0.2, 0) is 14.4 Å². The van der Waals surface area contributed by atoms with Crippen LogP contribution < -0.4 is 0 Å². The van der Waals surface area contributed by atoms with Crippen molar-refractivity contribution in [2.75, 3.05) is 14.2 Å². The Morgan fingerprint density at radius 1 is 1.73 bits per heavy atom. The van der Waals surface area contributed by atoms with E-state index in [2.05, 4.69) is 10.8 Å². The zero-order chi connectivity index (χ0) is 11.6. The van der Waals surface area contributed by atoms with Gasteiger partial charge in [-0.25, -0.2) is 4.79 Å². The summed E-state index contributed by atoms with van der Waals surface area (Å²) in [6.07, 6.45) is 1.21.